The van der Waals surface area contributed by atoms with Gasteiger partial charge in [-0.05, 0) is 24.3 Å². The molecule has 1 fully saturated rings. The zero-order valence-corrected chi connectivity index (χ0v) is 16.2. The number of carbonyl (C=O) groups is 1. The number of nitrogens with zero attached hydrogens (tertiary/aromatic N) is 4. The normalized spacial score (nSPS) is 17.7. The van der Waals surface area contributed by atoms with Crippen molar-refractivity contribution >= 4 is 29.1 Å². The van der Waals surface area contributed by atoms with Crippen molar-refractivity contribution in [2.45, 2.75) is 0 Å². The van der Waals surface area contributed by atoms with Crippen LogP contribution in [0.3, 0.4) is 0 Å². The molecule has 9 heteroatoms. The highest BCUT2D eigenvalue weighted by Crippen LogP contribution is 2.20. The largest absolute Gasteiger partial charge is 0.384 e. The van der Waals surface area contributed by atoms with Gasteiger partial charge >= 0.3 is 0 Å². The zero-order valence-electron chi connectivity index (χ0n) is 16.2. The molecule has 1 saturated heterocycles. The Bertz CT molecular complexity index is 1050. The number of aliphatic imine (C=N–C) groups is 1. The van der Waals surface area contributed by atoms with E-state index < -0.39 is 0 Å². The Hall–Kier alpha value is -3.85. The molecule has 0 spiro atoms. The molecule has 9 nitrogen and oxygen atoms in total. The van der Waals surface area contributed by atoms with Crippen molar-refractivity contribution in [3.05, 3.63) is 71.7 Å². The first-order valence-electron chi connectivity index (χ1n) is 9.49. The topological polar surface area (TPSA) is 130 Å². The van der Waals surface area contributed by atoms with Gasteiger partial charge in [-0.15, -0.1) is 0 Å². The second kappa shape index (κ2) is 8.66. The minimum absolute atomic E-state index is 0.115. The van der Waals surface area contributed by atoms with E-state index >= 15 is 0 Å². The first kappa shape index (κ1) is 19.5. The van der Waals surface area contributed by atoms with E-state index in [4.69, 9.17) is 15.9 Å². The number of allylic oxidation sites excluding steroid dienone is 1. The second-order valence-corrected chi connectivity index (χ2v) is 6.67. The molecule has 4 N–H and O–H groups in total. The molecule has 4 rings (SSSR count). The Kier molecular flexibility index (Phi) is 5.62. The van der Waals surface area contributed by atoms with Crippen molar-refractivity contribution in [3.63, 3.8) is 0 Å². The van der Waals surface area contributed by atoms with Gasteiger partial charge in [-0.1, -0.05) is 12.1 Å². The van der Waals surface area contributed by atoms with Crippen LogP contribution in [0.2, 0.25) is 0 Å². The fourth-order valence-electron chi connectivity index (χ4n) is 3.17. The molecule has 0 unspecified atom stereocenters. The molecule has 2 aliphatic heterocycles. The summed E-state index contributed by atoms with van der Waals surface area (Å²) in [5.74, 6) is 0.169. The van der Waals surface area contributed by atoms with Crippen LogP contribution in [0.1, 0.15) is 21.9 Å². The summed E-state index contributed by atoms with van der Waals surface area (Å²) in [5.41, 5.74) is 8.42. The molecule has 30 heavy (non-hydrogen) atoms. The van der Waals surface area contributed by atoms with Crippen molar-refractivity contribution in [3.8, 4) is 0 Å². The molecule has 2 aliphatic rings. The maximum absolute atomic E-state index is 12.7. The standard InChI is InChI=1S/C21H21N7O2/c22-19(23)18(16-4-1-2-7-24-16)20-25-12-14(13-26-20)15-5-3-6-17(27-15)21(29)28-8-10-30-11-9-28/h1-7,12-13,25H,8-11H2,(H3,22,23)/b20-18+. The van der Waals surface area contributed by atoms with Crippen LogP contribution in [0.5, 0.6) is 0 Å². The number of morpholine rings is 1. The highest BCUT2D eigenvalue weighted by atomic mass is 16.5. The van der Waals surface area contributed by atoms with Crippen LogP contribution in [0, 0.1) is 5.41 Å². The predicted molar refractivity (Wildman–Crippen MR) is 114 cm³/mol. The summed E-state index contributed by atoms with van der Waals surface area (Å²) in [6.45, 7) is 2.20. The zero-order chi connectivity index (χ0) is 20.9. The first-order valence-corrected chi connectivity index (χ1v) is 9.49. The molecule has 0 aromatic carbocycles. The number of nitrogens with one attached hydrogen (secondary N) is 2. The number of amidine groups is 1. The number of rotatable bonds is 4. The van der Waals surface area contributed by atoms with E-state index in [0.29, 0.717) is 60.4 Å². The molecule has 1 amide bonds. The molecule has 0 radical (unpaired) electrons. The average molecular weight is 403 g/mol. The molecule has 0 atom stereocenters. The molecular formula is C21H21N7O2. The van der Waals surface area contributed by atoms with Crippen molar-refractivity contribution in [1.82, 2.24) is 20.2 Å². The number of ether oxygens (including phenoxy) is 1. The van der Waals surface area contributed by atoms with Gasteiger partial charge in [0.25, 0.3) is 5.91 Å². The molecule has 2 aromatic heterocycles. The van der Waals surface area contributed by atoms with Crippen LogP contribution >= 0.6 is 0 Å². The molecule has 152 valence electrons. The van der Waals surface area contributed by atoms with E-state index in [1.165, 1.54) is 0 Å². The third kappa shape index (κ3) is 4.11. The Morgan fingerprint density at radius 2 is 1.93 bits per heavy atom. The van der Waals surface area contributed by atoms with Crippen molar-refractivity contribution < 1.29 is 9.53 Å². The van der Waals surface area contributed by atoms with E-state index in [2.05, 4.69) is 20.3 Å². The van der Waals surface area contributed by atoms with Crippen molar-refractivity contribution in [2.24, 2.45) is 10.7 Å². The summed E-state index contributed by atoms with van der Waals surface area (Å²) in [6.07, 6.45) is 4.98. The average Bonchev–Trinajstić information content (AvgIpc) is 2.80. The van der Waals surface area contributed by atoms with Gasteiger partial charge in [0.1, 0.15) is 17.4 Å². The van der Waals surface area contributed by atoms with Crippen LogP contribution in [-0.4, -0.2) is 59.1 Å². The number of nitrogens with two attached hydrogens (primary N) is 1. The van der Waals surface area contributed by atoms with E-state index in [1.807, 2.05) is 12.1 Å². The number of amides is 1. The van der Waals surface area contributed by atoms with Crippen LogP contribution in [0.15, 0.2) is 59.6 Å². The van der Waals surface area contributed by atoms with Gasteiger partial charge < -0.3 is 20.7 Å². The predicted octanol–water partition coefficient (Wildman–Crippen LogP) is 1.27. The summed E-state index contributed by atoms with van der Waals surface area (Å²) in [4.78, 5) is 27.6. The summed E-state index contributed by atoms with van der Waals surface area (Å²) in [7, 11) is 0. The highest BCUT2D eigenvalue weighted by molar-refractivity contribution is 6.21. The van der Waals surface area contributed by atoms with E-state index in [9.17, 15) is 4.79 Å². The van der Waals surface area contributed by atoms with Gasteiger partial charge in [0.15, 0.2) is 0 Å². The number of carbonyl (C=O) groups excluding carboxylic acids is 1. The Morgan fingerprint density at radius 1 is 1.13 bits per heavy atom. The Labute approximate surface area is 173 Å². The molecule has 0 aliphatic carbocycles. The fraction of sp³-hybridized carbons (Fsp3) is 0.190. The number of hydrogen-bond acceptors (Lipinski definition) is 7. The smallest absolute Gasteiger partial charge is 0.272 e. The van der Waals surface area contributed by atoms with E-state index in [1.54, 1.807) is 47.8 Å². The molecule has 4 heterocycles. The van der Waals surface area contributed by atoms with Crippen molar-refractivity contribution in [1.29, 1.82) is 5.41 Å². The van der Waals surface area contributed by atoms with Crippen molar-refractivity contribution in [2.75, 3.05) is 26.3 Å². The summed E-state index contributed by atoms with van der Waals surface area (Å²) in [5, 5.41) is 11.0. The maximum atomic E-state index is 12.7. The molecule has 2 aromatic rings. The van der Waals surface area contributed by atoms with Gasteiger partial charge in [0, 0.05) is 37.3 Å². The maximum Gasteiger partial charge on any atom is 0.272 e. The third-order valence-electron chi connectivity index (χ3n) is 4.69. The van der Waals surface area contributed by atoms with Gasteiger partial charge in [-0.2, -0.15) is 0 Å². The summed E-state index contributed by atoms with van der Waals surface area (Å²) in [6, 6.07) is 10.7. The van der Waals surface area contributed by atoms with Gasteiger partial charge in [0.2, 0.25) is 0 Å². The van der Waals surface area contributed by atoms with E-state index in [-0.39, 0.29) is 11.7 Å². The van der Waals surface area contributed by atoms with Gasteiger partial charge in [-0.3, -0.25) is 15.2 Å². The lowest BCUT2D eigenvalue weighted by molar-refractivity contribution is 0.0299. The SMILES string of the molecule is N=C(N)/C(=C1/N=CC(c2cccc(C(=O)N3CCOCC3)n2)=CN1)c1ccccn1. The van der Waals surface area contributed by atoms with Crippen LogP contribution in [0.25, 0.3) is 11.1 Å². The summed E-state index contributed by atoms with van der Waals surface area (Å²) < 4.78 is 5.30. The fourth-order valence-corrected chi connectivity index (χ4v) is 3.17. The van der Waals surface area contributed by atoms with Gasteiger partial charge in [0.05, 0.1) is 30.2 Å². The molecule has 0 bridgehead atoms. The monoisotopic (exact) mass is 403 g/mol. The lowest BCUT2D eigenvalue weighted by Crippen LogP contribution is -2.41. The molecule has 0 saturated carbocycles. The highest BCUT2D eigenvalue weighted by Gasteiger charge is 2.21. The van der Waals surface area contributed by atoms with Crippen LogP contribution in [0.4, 0.5) is 0 Å². The van der Waals surface area contributed by atoms with E-state index in [0.717, 1.165) is 0 Å². The second-order valence-electron chi connectivity index (χ2n) is 6.67. The number of aromatic nitrogens is 2. The molecular weight excluding hydrogens is 382 g/mol. The van der Waals surface area contributed by atoms with Gasteiger partial charge in [-0.25, -0.2) is 9.98 Å². The minimum Gasteiger partial charge on any atom is -0.384 e. The number of hydrogen-bond donors (Lipinski definition) is 3. The Morgan fingerprint density at radius 3 is 2.60 bits per heavy atom. The Balaban J connectivity index is 1.57. The van der Waals surface area contributed by atoms with Crippen LogP contribution < -0.4 is 11.1 Å². The lowest BCUT2D eigenvalue weighted by Gasteiger charge is -2.26. The first-order chi connectivity index (χ1) is 14.6. The lowest BCUT2D eigenvalue weighted by atomic mass is 10.1. The number of pyridine rings is 2. The third-order valence-corrected chi connectivity index (χ3v) is 4.69. The van der Waals surface area contributed by atoms with Crippen LogP contribution in [-0.2, 0) is 4.74 Å². The minimum atomic E-state index is -0.138. The summed E-state index contributed by atoms with van der Waals surface area (Å²) >= 11 is 0. The quantitative estimate of drug-likeness (QED) is 0.521.